The molecule has 0 amide bonds. The Balaban J connectivity index is 1.73. The van der Waals surface area contributed by atoms with Gasteiger partial charge >= 0.3 is 0 Å². The third kappa shape index (κ3) is 4.00. The van der Waals surface area contributed by atoms with Crippen molar-refractivity contribution >= 4 is 21.4 Å². The lowest BCUT2D eigenvalue weighted by Crippen LogP contribution is -2.26. The number of hydrogen-bond acceptors (Lipinski definition) is 3. The fourth-order valence-electron chi connectivity index (χ4n) is 2.48. The second kappa shape index (κ2) is 7.40. The van der Waals surface area contributed by atoms with E-state index in [0.29, 0.717) is 12.2 Å². The molecule has 0 bridgehead atoms. The van der Waals surface area contributed by atoms with Gasteiger partial charge in [-0.15, -0.1) is 0 Å². The fraction of sp³-hybridized carbons (Fsp3) is 0.100. The van der Waals surface area contributed by atoms with E-state index in [1.54, 1.807) is 43.4 Å². The lowest BCUT2D eigenvalue weighted by molar-refractivity contribution is 0.594. The molecule has 0 saturated carbocycles. The third-order valence-electron chi connectivity index (χ3n) is 3.97. The maximum absolute atomic E-state index is 12.7. The quantitative estimate of drug-likeness (QED) is 0.726. The number of rotatable bonds is 6. The summed E-state index contributed by atoms with van der Waals surface area (Å²) in [5.41, 5.74) is 2.68. The van der Waals surface area contributed by atoms with E-state index < -0.39 is 10.0 Å². The van der Waals surface area contributed by atoms with Crippen LogP contribution >= 0.6 is 0 Å². The second-order valence-corrected chi connectivity index (χ2v) is 7.64. The molecule has 3 aromatic carbocycles. The maximum Gasteiger partial charge on any atom is 0.264 e. The van der Waals surface area contributed by atoms with E-state index in [0.717, 1.165) is 5.69 Å². The highest BCUT2D eigenvalue weighted by Gasteiger charge is 2.20. The molecule has 0 unspecified atom stereocenters. The molecule has 0 fully saturated rings. The SMILES string of the molecule is CN(c1ccccc1)S(=O)(=O)c1ccc(NCc2ccccc2)cc1. The molecule has 0 aliphatic heterocycles. The molecule has 0 spiro atoms. The number of nitrogens with one attached hydrogen (secondary N) is 1. The summed E-state index contributed by atoms with van der Waals surface area (Å²) < 4.78 is 26.7. The van der Waals surface area contributed by atoms with E-state index in [1.165, 1.54) is 9.87 Å². The van der Waals surface area contributed by atoms with Crippen LogP contribution in [0.1, 0.15) is 5.56 Å². The van der Waals surface area contributed by atoms with E-state index in [9.17, 15) is 8.42 Å². The Labute approximate surface area is 148 Å². The number of nitrogens with zero attached hydrogens (tertiary/aromatic N) is 1. The van der Waals surface area contributed by atoms with Gasteiger partial charge in [0.25, 0.3) is 10.0 Å². The highest BCUT2D eigenvalue weighted by Crippen LogP contribution is 2.23. The summed E-state index contributed by atoms with van der Waals surface area (Å²) in [4.78, 5) is 0.268. The predicted molar refractivity (Wildman–Crippen MR) is 102 cm³/mol. The standard InChI is InChI=1S/C20H20N2O2S/c1-22(19-10-6-3-7-11-19)25(23,24)20-14-12-18(13-15-20)21-16-17-8-4-2-5-9-17/h2-15,21H,16H2,1H3. The molecule has 0 aliphatic rings. The summed E-state index contributed by atoms with van der Waals surface area (Å²) in [7, 11) is -2.01. The van der Waals surface area contributed by atoms with Crippen molar-refractivity contribution in [1.82, 2.24) is 0 Å². The van der Waals surface area contributed by atoms with Gasteiger partial charge in [-0.1, -0.05) is 48.5 Å². The van der Waals surface area contributed by atoms with E-state index in [-0.39, 0.29) is 4.90 Å². The molecule has 0 aliphatic carbocycles. The van der Waals surface area contributed by atoms with Crippen LogP contribution in [0.5, 0.6) is 0 Å². The Kier molecular flexibility index (Phi) is 5.05. The van der Waals surface area contributed by atoms with E-state index >= 15 is 0 Å². The molecule has 128 valence electrons. The fourth-order valence-corrected chi connectivity index (χ4v) is 3.68. The van der Waals surface area contributed by atoms with Gasteiger partial charge < -0.3 is 5.32 Å². The van der Waals surface area contributed by atoms with Crippen molar-refractivity contribution in [2.75, 3.05) is 16.7 Å². The lowest BCUT2D eigenvalue weighted by atomic mass is 10.2. The van der Waals surface area contributed by atoms with Crippen LogP contribution in [0.15, 0.2) is 89.8 Å². The van der Waals surface area contributed by atoms with Crippen LogP contribution in [-0.2, 0) is 16.6 Å². The van der Waals surface area contributed by atoms with Crippen molar-refractivity contribution in [3.8, 4) is 0 Å². The number of sulfonamides is 1. The molecule has 0 heterocycles. The Bertz CT molecular complexity index is 909. The summed E-state index contributed by atoms with van der Waals surface area (Å²) in [5.74, 6) is 0. The lowest BCUT2D eigenvalue weighted by Gasteiger charge is -2.19. The van der Waals surface area contributed by atoms with Crippen molar-refractivity contribution < 1.29 is 8.42 Å². The molecule has 3 rings (SSSR count). The maximum atomic E-state index is 12.7. The first-order valence-electron chi connectivity index (χ1n) is 7.99. The zero-order valence-electron chi connectivity index (χ0n) is 14.0. The van der Waals surface area contributed by atoms with Crippen LogP contribution in [0.25, 0.3) is 0 Å². The topological polar surface area (TPSA) is 49.4 Å². The highest BCUT2D eigenvalue weighted by molar-refractivity contribution is 7.92. The van der Waals surface area contributed by atoms with Gasteiger partial charge in [-0.05, 0) is 42.0 Å². The molecular formula is C20H20N2O2S. The molecule has 0 aromatic heterocycles. The van der Waals surface area contributed by atoms with Crippen molar-refractivity contribution in [3.05, 3.63) is 90.5 Å². The monoisotopic (exact) mass is 352 g/mol. The average molecular weight is 352 g/mol. The minimum absolute atomic E-state index is 0.268. The van der Waals surface area contributed by atoms with Gasteiger partial charge in [-0.3, -0.25) is 4.31 Å². The Morgan fingerprint density at radius 2 is 1.36 bits per heavy atom. The molecular weight excluding hydrogens is 332 g/mol. The number of anilines is 2. The number of hydrogen-bond donors (Lipinski definition) is 1. The van der Waals surface area contributed by atoms with Crippen LogP contribution in [-0.4, -0.2) is 15.5 Å². The van der Waals surface area contributed by atoms with E-state index in [2.05, 4.69) is 5.32 Å². The molecule has 5 heteroatoms. The normalized spacial score (nSPS) is 11.1. The number of para-hydroxylation sites is 1. The largest absolute Gasteiger partial charge is 0.381 e. The molecule has 0 radical (unpaired) electrons. The minimum atomic E-state index is -3.57. The summed E-state index contributed by atoms with van der Waals surface area (Å²) >= 11 is 0. The van der Waals surface area contributed by atoms with E-state index in [4.69, 9.17) is 0 Å². The summed E-state index contributed by atoms with van der Waals surface area (Å²) in [5, 5.41) is 3.29. The van der Waals surface area contributed by atoms with Crippen LogP contribution in [0.3, 0.4) is 0 Å². The molecule has 25 heavy (non-hydrogen) atoms. The zero-order chi connectivity index (χ0) is 17.7. The summed E-state index contributed by atoms with van der Waals surface area (Å²) in [6, 6.07) is 25.9. The van der Waals surface area contributed by atoms with Gasteiger partial charge in [-0.25, -0.2) is 8.42 Å². The average Bonchev–Trinajstić information content (AvgIpc) is 2.67. The van der Waals surface area contributed by atoms with Gasteiger partial charge in [0.15, 0.2) is 0 Å². The van der Waals surface area contributed by atoms with Crippen LogP contribution < -0.4 is 9.62 Å². The van der Waals surface area contributed by atoms with E-state index in [1.807, 2.05) is 48.5 Å². The molecule has 1 N–H and O–H groups in total. The number of benzene rings is 3. The molecule has 0 saturated heterocycles. The summed E-state index contributed by atoms with van der Waals surface area (Å²) in [6.45, 7) is 0.691. The zero-order valence-corrected chi connectivity index (χ0v) is 14.8. The van der Waals surface area contributed by atoms with Crippen molar-refractivity contribution in [3.63, 3.8) is 0 Å². The first-order valence-corrected chi connectivity index (χ1v) is 9.43. The van der Waals surface area contributed by atoms with Crippen molar-refractivity contribution in [2.24, 2.45) is 0 Å². The van der Waals surface area contributed by atoms with Gasteiger partial charge in [0, 0.05) is 19.3 Å². The Morgan fingerprint density at radius 3 is 1.96 bits per heavy atom. The Hall–Kier alpha value is -2.79. The first-order chi connectivity index (χ1) is 12.1. The third-order valence-corrected chi connectivity index (χ3v) is 5.77. The molecule has 4 nitrogen and oxygen atoms in total. The smallest absolute Gasteiger partial charge is 0.264 e. The first kappa shape index (κ1) is 17.0. The molecule has 3 aromatic rings. The van der Waals surface area contributed by atoms with Crippen molar-refractivity contribution in [1.29, 1.82) is 0 Å². The van der Waals surface area contributed by atoms with Crippen LogP contribution in [0.4, 0.5) is 11.4 Å². The molecule has 0 atom stereocenters. The minimum Gasteiger partial charge on any atom is -0.381 e. The van der Waals surface area contributed by atoms with Gasteiger partial charge in [-0.2, -0.15) is 0 Å². The second-order valence-electron chi connectivity index (χ2n) is 5.67. The van der Waals surface area contributed by atoms with Gasteiger partial charge in [0.05, 0.1) is 10.6 Å². The van der Waals surface area contributed by atoms with Crippen LogP contribution in [0, 0.1) is 0 Å². The van der Waals surface area contributed by atoms with Gasteiger partial charge in [0.2, 0.25) is 0 Å². The van der Waals surface area contributed by atoms with Gasteiger partial charge in [0.1, 0.15) is 0 Å². The Morgan fingerprint density at radius 1 is 0.800 bits per heavy atom. The van der Waals surface area contributed by atoms with Crippen molar-refractivity contribution in [2.45, 2.75) is 11.4 Å². The predicted octanol–water partition coefficient (Wildman–Crippen LogP) is 4.12. The van der Waals surface area contributed by atoms with Crippen LogP contribution in [0.2, 0.25) is 0 Å². The highest BCUT2D eigenvalue weighted by atomic mass is 32.2. The summed E-state index contributed by atoms with van der Waals surface area (Å²) in [6.07, 6.45) is 0.